The maximum atomic E-state index is 5.39. The molecule has 0 spiro atoms. The Balaban J connectivity index is 2.19. The number of hydrogen-bond donors (Lipinski definition) is 0. The molecule has 0 saturated carbocycles. The lowest BCUT2D eigenvalue weighted by molar-refractivity contribution is 0.138. The molecular formula is C9H12N2O2. The van der Waals surface area contributed by atoms with Crippen LogP contribution in [0.4, 0.5) is 0 Å². The van der Waals surface area contributed by atoms with Gasteiger partial charge in [0.25, 0.3) is 5.89 Å². The summed E-state index contributed by atoms with van der Waals surface area (Å²) >= 11 is 0. The van der Waals surface area contributed by atoms with Gasteiger partial charge in [-0.25, -0.2) is 0 Å². The number of rotatable bonds is 1. The van der Waals surface area contributed by atoms with Gasteiger partial charge in [-0.1, -0.05) is 5.16 Å². The molecule has 4 heteroatoms. The van der Waals surface area contributed by atoms with E-state index in [-0.39, 0.29) is 6.10 Å². The largest absolute Gasteiger partial charge is 0.374 e. The third-order valence-electron chi connectivity index (χ3n) is 2.13. The second kappa shape index (κ2) is 3.30. The van der Waals surface area contributed by atoms with Crippen LogP contribution in [0.3, 0.4) is 0 Å². The molecule has 4 nitrogen and oxygen atoms in total. The summed E-state index contributed by atoms with van der Waals surface area (Å²) in [6.07, 6.45) is 3.06. The monoisotopic (exact) mass is 180 g/mol. The van der Waals surface area contributed by atoms with Gasteiger partial charge in [0.05, 0.1) is 12.7 Å². The summed E-state index contributed by atoms with van der Waals surface area (Å²) in [6.45, 7) is 4.63. The molecule has 2 heterocycles. The Labute approximate surface area is 76.6 Å². The van der Waals surface area contributed by atoms with Gasteiger partial charge in [0.15, 0.2) is 5.82 Å². The van der Waals surface area contributed by atoms with Crippen LogP contribution in [0, 0.1) is 6.92 Å². The van der Waals surface area contributed by atoms with Crippen molar-refractivity contribution in [3.8, 4) is 0 Å². The zero-order chi connectivity index (χ0) is 9.26. The Morgan fingerprint density at radius 2 is 2.38 bits per heavy atom. The lowest BCUT2D eigenvalue weighted by Crippen LogP contribution is -1.99. The molecule has 1 atom stereocenters. The SMILES string of the molecule is Cc1noc(/C=C2\CCOC2C)n1. The molecule has 0 N–H and O–H groups in total. The molecule has 13 heavy (non-hydrogen) atoms. The molecule has 1 aromatic heterocycles. The molecule has 0 amide bonds. The lowest BCUT2D eigenvalue weighted by atomic mass is 10.1. The molecule has 1 aliphatic rings. The Hall–Kier alpha value is -1.16. The standard InChI is InChI=1S/C9H12N2O2/c1-6-8(3-4-12-6)5-9-10-7(2)11-13-9/h5-6H,3-4H2,1-2H3/b8-5+. The molecule has 1 fully saturated rings. The summed E-state index contributed by atoms with van der Waals surface area (Å²) in [5, 5.41) is 3.71. The minimum Gasteiger partial charge on any atom is -0.374 e. The maximum absolute atomic E-state index is 5.39. The maximum Gasteiger partial charge on any atom is 0.250 e. The van der Waals surface area contributed by atoms with Gasteiger partial charge in [0.1, 0.15) is 0 Å². The van der Waals surface area contributed by atoms with E-state index in [2.05, 4.69) is 10.1 Å². The summed E-state index contributed by atoms with van der Waals surface area (Å²) in [7, 11) is 0. The second-order valence-electron chi connectivity index (χ2n) is 3.16. The highest BCUT2D eigenvalue weighted by atomic mass is 16.5. The first-order chi connectivity index (χ1) is 6.25. The first-order valence-corrected chi connectivity index (χ1v) is 4.38. The summed E-state index contributed by atoms with van der Waals surface area (Å²) in [5.74, 6) is 1.24. The van der Waals surface area contributed by atoms with E-state index in [1.165, 1.54) is 5.57 Å². The van der Waals surface area contributed by atoms with Gasteiger partial charge in [-0.15, -0.1) is 0 Å². The van der Waals surface area contributed by atoms with Crippen molar-refractivity contribution < 1.29 is 9.26 Å². The highest BCUT2D eigenvalue weighted by molar-refractivity contribution is 5.45. The second-order valence-corrected chi connectivity index (χ2v) is 3.16. The van der Waals surface area contributed by atoms with Crippen molar-refractivity contribution in [1.82, 2.24) is 10.1 Å². The summed E-state index contributed by atoms with van der Waals surface area (Å²) in [5.41, 5.74) is 1.23. The zero-order valence-electron chi connectivity index (χ0n) is 7.78. The number of aromatic nitrogens is 2. The van der Waals surface area contributed by atoms with Crippen molar-refractivity contribution >= 4 is 6.08 Å². The molecule has 0 aromatic carbocycles. The Morgan fingerprint density at radius 1 is 1.54 bits per heavy atom. The molecule has 0 radical (unpaired) electrons. The minimum atomic E-state index is 0.187. The van der Waals surface area contributed by atoms with Crippen LogP contribution in [0.2, 0.25) is 0 Å². The molecule has 1 aliphatic heterocycles. The van der Waals surface area contributed by atoms with Crippen LogP contribution >= 0.6 is 0 Å². The van der Waals surface area contributed by atoms with E-state index in [9.17, 15) is 0 Å². The molecule has 1 aromatic rings. The number of ether oxygens (including phenoxy) is 1. The van der Waals surface area contributed by atoms with E-state index < -0.39 is 0 Å². The van der Waals surface area contributed by atoms with Gasteiger partial charge in [-0.05, 0) is 25.8 Å². The highest BCUT2D eigenvalue weighted by Crippen LogP contribution is 2.21. The van der Waals surface area contributed by atoms with Crippen LogP contribution in [0.5, 0.6) is 0 Å². The Kier molecular flexibility index (Phi) is 2.14. The van der Waals surface area contributed by atoms with Crippen molar-refractivity contribution in [3.05, 3.63) is 17.3 Å². The average molecular weight is 180 g/mol. The highest BCUT2D eigenvalue weighted by Gasteiger charge is 2.17. The zero-order valence-corrected chi connectivity index (χ0v) is 7.78. The number of nitrogens with zero attached hydrogens (tertiary/aromatic N) is 2. The van der Waals surface area contributed by atoms with Gasteiger partial charge < -0.3 is 9.26 Å². The minimum absolute atomic E-state index is 0.187. The molecule has 70 valence electrons. The fourth-order valence-corrected chi connectivity index (χ4v) is 1.38. The number of aryl methyl sites for hydroxylation is 1. The lowest BCUT2D eigenvalue weighted by Gasteiger charge is -2.00. The van der Waals surface area contributed by atoms with Crippen molar-refractivity contribution in [2.24, 2.45) is 0 Å². The van der Waals surface area contributed by atoms with E-state index in [1.807, 2.05) is 13.0 Å². The average Bonchev–Trinajstić information content (AvgIpc) is 2.64. The summed E-state index contributed by atoms with van der Waals surface area (Å²) in [6, 6.07) is 0. The molecule has 0 aliphatic carbocycles. The predicted molar refractivity (Wildman–Crippen MR) is 47.0 cm³/mol. The van der Waals surface area contributed by atoms with E-state index in [4.69, 9.17) is 9.26 Å². The third-order valence-corrected chi connectivity index (χ3v) is 2.13. The van der Waals surface area contributed by atoms with Crippen LogP contribution in [0.15, 0.2) is 10.1 Å². The fraction of sp³-hybridized carbons (Fsp3) is 0.556. The topological polar surface area (TPSA) is 48.2 Å². The predicted octanol–water partition coefficient (Wildman–Crippen LogP) is 1.57. The fourth-order valence-electron chi connectivity index (χ4n) is 1.38. The van der Waals surface area contributed by atoms with Crippen LogP contribution in [0.1, 0.15) is 25.1 Å². The van der Waals surface area contributed by atoms with Crippen molar-refractivity contribution in [2.45, 2.75) is 26.4 Å². The van der Waals surface area contributed by atoms with E-state index in [0.717, 1.165) is 13.0 Å². The first-order valence-electron chi connectivity index (χ1n) is 4.38. The van der Waals surface area contributed by atoms with Gasteiger partial charge in [-0.2, -0.15) is 4.98 Å². The van der Waals surface area contributed by atoms with Crippen molar-refractivity contribution in [3.63, 3.8) is 0 Å². The molecule has 1 saturated heterocycles. The molecule has 0 bridgehead atoms. The van der Waals surface area contributed by atoms with Crippen LogP contribution in [-0.4, -0.2) is 22.9 Å². The summed E-state index contributed by atoms with van der Waals surface area (Å²) < 4.78 is 10.4. The van der Waals surface area contributed by atoms with Gasteiger partial charge in [0, 0.05) is 6.08 Å². The van der Waals surface area contributed by atoms with Gasteiger partial charge in [0.2, 0.25) is 0 Å². The first kappa shape index (κ1) is 8.44. The van der Waals surface area contributed by atoms with E-state index in [1.54, 1.807) is 6.92 Å². The Bertz CT molecular complexity index is 330. The van der Waals surface area contributed by atoms with Crippen LogP contribution in [-0.2, 0) is 4.74 Å². The molecule has 1 unspecified atom stereocenters. The normalized spacial score (nSPS) is 25.7. The number of hydrogen-bond acceptors (Lipinski definition) is 4. The molecule has 2 rings (SSSR count). The smallest absolute Gasteiger partial charge is 0.250 e. The van der Waals surface area contributed by atoms with Crippen LogP contribution < -0.4 is 0 Å². The quantitative estimate of drug-likeness (QED) is 0.658. The van der Waals surface area contributed by atoms with Crippen molar-refractivity contribution in [2.75, 3.05) is 6.61 Å². The third kappa shape index (κ3) is 1.78. The van der Waals surface area contributed by atoms with Crippen molar-refractivity contribution in [1.29, 1.82) is 0 Å². The molecular weight excluding hydrogens is 168 g/mol. The summed E-state index contributed by atoms with van der Waals surface area (Å²) in [4.78, 5) is 4.10. The Morgan fingerprint density at radius 3 is 2.92 bits per heavy atom. The van der Waals surface area contributed by atoms with Crippen LogP contribution in [0.25, 0.3) is 6.08 Å². The van der Waals surface area contributed by atoms with E-state index >= 15 is 0 Å². The van der Waals surface area contributed by atoms with Gasteiger partial charge in [-0.3, -0.25) is 0 Å². The van der Waals surface area contributed by atoms with E-state index in [0.29, 0.717) is 11.7 Å². The van der Waals surface area contributed by atoms with Gasteiger partial charge >= 0.3 is 0 Å².